The predicted octanol–water partition coefficient (Wildman–Crippen LogP) is -1.10. The van der Waals surface area contributed by atoms with Gasteiger partial charge in [0.05, 0.1) is 13.2 Å². The van der Waals surface area contributed by atoms with Crippen LogP contribution in [0.3, 0.4) is 0 Å². The molecule has 1 aliphatic heterocycles. The van der Waals surface area contributed by atoms with Crippen LogP contribution >= 0.6 is 0 Å². The van der Waals surface area contributed by atoms with Gasteiger partial charge in [0.15, 0.2) is 6.23 Å². The summed E-state index contributed by atoms with van der Waals surface area (Å²) in [5.41, 5.74) is 5.49. The summed E-state index contributed by atoms with van der Waals surface area (Å²) >= 11 is 0. The molecule has 1 heterocycles. The molecule has 1 rings (SSSR count). The Hall–Kier alpha value is -0.650. The van der Waals surface area contributed by atoms with Gasteiger partial charge in [-0.2, -0.15) is 0 Å². The first-order valence-electron chi connectivity index (χ1n) is 4.42. The van der Waals surface area contributed by atoms with Gasteiger partial charge in [-0.1, -0.05) is 0 Å². The number of aliphatic hydroxyl groups is 1. The molecule has 76 valence electrons. The molecule has 0 aliphatic carbocycles. The van der Waals surface area contributed by atoms with Crippen LogP contribution in [-0.2, 0) is 9.53 Å². The standard InChI is InChI=1S/C8H16N2O3/c1-6(9)4-7(11)10-2-3-13-5-8(10)12/h6,8,12H,2-5,9H2,1H3/t6?,8-/m1/s1. The van der Waals surface area contributed by atoms with Crippen molar-refractivity contribution in [1.82, 2.24) is 4.90 Å². The molecule has 13 heavy (non-hydrogen) atoms. The van der Waals surface area contributed by atoms with Crippen molar-refractivity contribution < 1.29 is 14.6 Å². The van der Waals surface area contributed by atoms with Gasteiger partial charge in [0.25, 0.3) is 0 Å². The molecule has 1 fully saturated rings. The van der Waals surface area contributed by atoms with E-state index in [1.54, 1.807) is 6.92 Å². The van der Waals surface area contributed by atoms with Crippen LogP contribution in [0.2, 0.25) is 0 Å². The van der Waals surface area contributed by atoms with E-state index in [0.29, 0.717) is 13.2 Å². The number of aliphatic hydroxyl groups excluding tert-OH is 1. The maximum atomic E-state index is 11.4. The zero-order valence-electron chi connectivity index (χ0n) is 7.77. The minimum atomic E-state index is -0.806. The molecule has 1 unspecified atom stereocenters. The van der Waals surface area contributed by atoms with Gasteiger partial charge in [0.2, 0.25) is 5.91 Å². The molecule has 0 aromatic heterocycles. The second-order valence-electron chi connectivity index (χ2n) is 3.32. The van der Waals surface area contributed by atoms with E-state index >= 15 is 0 Å². The Morgan fingerprint density at radius 1 is 1.85 bits per heavy atom. The third kappa shape index (κ3) is 2.95. The normalized spacial score (nSPS) is 25.8. The van der Waals surface area contributed by atoms with E-state index in [0.717, 1.165) is 0 Å². The van der Waals surface area contributed by atoms with Crippen LogP contribution in [0.5, 0.6) is 0 Å². The van der Waals surface area contributed by atoms with E-state index in [4.69, 9.17) is 10.5 Å². The molecule has 0 aromatic carbocycles. The Bertz CT molecular complexity index is 184. The van der Waals surface area contributed by atoms with Crippen LogP contribution in [0.1, 0.15) is 13.3 Å². The van der Waals surface area contributed by atoms with Gasteiger partial charge >= 0.3 is 0 Å². The second kappa shape index (κ2) is 4.55. The first-order valence-corrected chi connectivity index (χ1v) is 4.42. The zero-order valence-corrected chi connectivity index (χ0v) is 7.77. The quantitative estimate of drug-likeness (QED) is 0.577. The summed E-state index contributed by atoms with van der Waals surface area (Å²) < 4.78 is 4.99. The summed E-state index contributed by atoms with van der Waals surface area (Å²) in [4.78, 5) is 12.9. The smallest absolute Gasteiger partial charge is 0.226 e. The minimum absolute atomic E-state index is 0.106. The Morgan fingerprint density at radius 3 is 3.08 bits per heavy atom. The van der Waals surface area contributed by atoms with E-state index in [1.807, 2.05) is 0 Å². The molecular weight excluding hydrogens is 172 g/mol. The SMILES string of the molecule is CC(N)CC(=O)N1CCOC[C@H]1O. The minimum Gasteiger partial charge on any atom is -0.375 e. The Labute approximate surface area is 77.5 Å². The lowest BCUT2D eigenvalue weighted by molar-refractivity contribution is -0.157. The largest absolute Gasteiger partial charge is 0.375 e. The maximum Gasteiger partial charge on any atom is 0.226 e. The molecule has 5 heteroatoms. The molecule has 0 bridgehead atoms. The third-order valence-electron chi connectivity index (χ3n) is 1.92. The predicted molar refractivity (Wildman–Crippen MR) is 46.8 cm³/mol. The number of hydrogen-bond donors (Lipinski definition) is 2. The lowest BCUT2D eigenvalue weighted by Crippen LogP contribution is -2.49. The molecule has 1 saturated heterocycles. The van der Waals surface area contributed by atoms with Crippen LogP contribution in [0, 0.1) is 0 Å². The number of morpholine rings is 1. The van der Waals surface area contributed by atoms with Crippen molar-refractivity contribution >= 4 is 5.91 Å². The molecule has 0 radical (unpaired) electrons. The number of hydrogen-bond acceptors (Lipinski definition) is 4. The highest BCUT2D eigenvalue weighted by molar-refractivity contribution is 5.77. The number of ether oxygens (including phenoxy) is 1. The van der Waals surface area contributed by atoms with Crippen LogP contribution in [-0.4, -0.2) is 47.9 Å². The highest BCUT2D eigenvalue weighted by atomic mass is 16.5. The van der Waals surface area contributed by atoms with Gasteiger partial charge in [0, 0.05) is 19.0 Å². The zero-order chi connectivity index (χ0) is 9.84. The molecule has 5 nitrogen and oxygen atoms in total. The van der Waals surface area contributed by atoms with Crippen molar-refractivity contribution in [3.8, 4) is 0 Å². The van der Waals surface area contributed by atoms with E-state index in [2.05, 4.69) is 0 Å². The molecule has 3 N–H and O–H groups in total. The van der Waals surface area contributed by atoms with Crippen molar-refractivity contribution in [2.75, 3.05) is 19.8 Å². The molecule has 2 atom stereocenters. The topological polar surface area (TPSA) is 75.8 Å². The van der Waals surface area contributed by atoms with Gasteiger partial charge in [-0.3, -0.25) is 4.79 Å². The molecule has 0 aromatic rings. The fraction of sp³-hybridized carbons (Fsp3) is 0.875. The Morgan fingerprint density at radius 2 is 2.54 bits per heavy atom. The van der Waals surface area contributed by atoms with Gasteiger partial charge < -0.3 is 20.5 Å². The molecule has 1 aliphatic rings. The van der Waals surface area contributed by atoms with Crippen LogP contribution in [0.15, 0.2) is 0 Å². The molecule has 1 amide bonds. The van der Waals surface area contributed by atoms with E-state index in [-0.39, 0.29) is 25.0 Å². The maximum absolute atomic E-state index is 11.4. The summed E-state index contributed by atoms with van der Waals surface area (Å²) in [6, 6.07) is -0.164. The van der Waals surface area contributed by atoms with Crippen LogP contribution in [0.25, 0.3) is 0 Å². The monoisotopic (exact) mass is 188 g/mol. The van der Waals surface area contributed by atoms with Crippen LogP contribution < -0.4 is 5.73 Å². The van der Waals surface area contributed by atoms with Gasteiger partial charge in [-0.05, 0) is 6.92 Å². The van der Waals surface area contributed by atoms with Crippen molar-refractivity contribution in [2.24, 2.45) is 5.73 Å². The molecule has 0 saturated carbocycles. The lowest BCUT2D eigenvalue weighted by atomic mass is 10.2. The number of rotatable bonds is 2. The number of nitrogens with zero attached hydrogens (tertiary/aromatic N) is 1. The third-order valence-corrected chi connectivity index (χ3v) is 1.92. The summed E-state index contributed by atoms with van der Waals surface area (Å²) in [5, 5.41) is 9.39. The highest BCUT2D eigenvalue weighted by Crippen LogP contribution is 2.06. The fourth-order valence-corrected chi connectivity index (χ4v) is 1.27. The summed E-state index contributed by atoms with van der Waals surface area (Å²) in [7, 11) is 0. The van der Waals surface area contributed by atoms with Crippen molar-refractivity contribution in [2.45, 2.75) is 25.6 Å². The van der Waals surface area contributed by atoms with Gasteiger partial charge in [-0.25, -0.2) is 0 Å². The second-order valence-corrected chi connectivity index (χ2v) is 3.32. The van der Waals surface area contributed by atoms with E-state index in [1.165, 1.54) is 4.90 Å². The average Bonchev–Trinajstić information content (AvgIpc) is 2.03. The van der Waals surface area contributed by atoms with Crippen molar-refractivity contribution in [3.05, 3.63) is 0 Å². The van der Waals surface area contributed by atoms with E-state index < -0.39 is 6.23 Å². The average molecular weight is 188 g/mol. The lowest BCUT2D eigenvalue weighted by Gasteiger charge is -2.32. The van der Waals surface area contributed by atoms with E-state index in [9.17, 15) is 9.90 Å². The number of amides is 1. The Kier molecular flexibility index (Phi) is 3.65. The van der Waals surface area contributed by atoms with Gasteiger partial charge in [-0.15, -0.1) is 0 Å². The van der Waals surface area contributed by atoms with Crippen molar-refractivity contribution in [1.29, 1.82) is 0 Å². The summed E-state index contributed by atoms with van der Waals surface area (Å²) in [5.74, 6) is -0.106. The first kappa shape index (κ1) is 10.4. The number of nitrogens with two attached hydrogens (primary N) is 1. The van der Waals surface area contributed by atoms with Crippen LogP contribution in [0.4, 0.5) is 0 Å². The summed E-state index contributed by atoms with van der Waals surface area (Å²) in [6.45, 7) is 2.91. The van der Waals surface area contributed by atoms with Gasteiger partial charge in [0.1, 0.15) is 0 Å². The molecular formula is C8H16N2O3. The highest BCUT2D eigenvalue weighted by Gasteiger charge is 2.25. The first-order chi connectivity index (χ1) is 6.11. The number of carbonyl (C=O) groups excluding carboxylic acids is 1. The Balaban J connectivity index is 2.44. The fourth-order valence-electron chi connectivity index (χ4n) is 1.27. The van der Waals surface area contributed by atoms with Crippen molar-refractivity contribution in [3.63, 3.8) is 0 Å². The summed E-state index contributed by atoms with van der Waals surface area (Å²) in [6.07, 6.45) is -0.531. The molecule has 0 spiro atoms. The number of carbonyl (C=O) groups is 1.